The highest BCUT2D eigenvalue weighted by atomic mass is 35.5. The molecule has 0 bridgehead atoms. The standard InChI is InChI=1S/C15H25ClN4O/c1-3-9-20-15(21)14(16)13(10-18-20)19(4-2)12-7-5-11(17)6-8-12/h10-12H,3-9,17H2,1-2H3. The van der Waals surface area contributed by atoms with Crippen molar-refractivity contribution in [3.05, 3.63) is 21.6 Å². The predicted octanol–water partition coefficient (Wildman–Crippen LogP) is 2.40. The van der Waals surface area contributed by atoms with Crippen LogP contribution in [0.2, 0.25) is 5.02 Å². The summed E-state index contributed by atoms with van der Waals surface area (Å²) in [6.45, 7) is 5.52. The summed E-state index contributed by atoms with van der Waals surface area (Å²) in [5.41, 5.74) is 6.54. The first-order valence-corrected chi connectivity index (χ1v) is 8.24. The van der Waals surface area contributed by atoms with Gasteiger partial charge in [0.2, 0.25) is 0 Å². The van der Waals surface area contributed by atoms with Crippen molar-refractivity contribution in [1.29, 1.82) is 0 Å². The monoisotopic (exact) mass is 312 g/mol. The molecule has 1 aliphatic rings. The summed E-state index contributed by atoms with van der Waals surface area (Å²) in [4.78, 5) is 14.5. The second kappa shape index (κ2) is 7.27. The van der Waals surface area contributed by atoms with Gasteiger partial charge in [-0.3, -0.25) is 4.79 Å². The summed E-state index contributed by atoms with van der Waals surface area (Å²) in [6.07, 6.45) is 6.74. The maximum absolute atomic E-state index is 12.3. The number of nitrogens with zero attached hydrogens (tertiary/aromatic N) is 3. The summed E-state index contributed by atoms with van der Waals surface area (Å²) in [6, 6.07) is 0.710. The molecule has 0 amide bonds. The largest absolute Gasteiger partial charge is 0.366 e. The minimum Gasteiger partial charge on any atom is -0.366 e. The third kappa shape index (κ3) is 3.58. The highest BCUT2D eigenvalue weighted by Crippen LogP contribution is 2.29. The summed E-state index contributed by atoms with van der Waals surface area (Å²) in [7, 11) is 0. The molecule has 1 aromatic heterocycles. The quantitative estimate of drug-likeness (QED) is 0.907. The zero-order valence-corrected chi connectivity index (χ0v) is 13.6. The minimum absolute atomic E-state index is 0.193. The van der Waals surface area contributed by atoms with Gasteiger partial charge in [-0.15, -0.1) is 0 Å². The molecule has 1 aliphatic carbocycles. The molecule has 1 saturated carbocycles. The fraction of sp³-hybridized carbons (Fsp3) is 0.733. The summed E-state index contributed by atoms with van der Waals surface area (Å²) < 4.78 is 1.44. The molecule has 2 N–H and O–H groups in total. The number of anilines is 1. The Labute approximate surface area is 131 Å². The molecule has 0 atom stereocenters. The van der Waals surface area contributed by atoms with Crippen LogP contribution in [0.1, 0.15) is 46.0 Å². The topological polar surface area (TPSA) is 64.2 Å². The van der Waals surface area contributed by atoms with Gasteiger partial charge in [-0.25, -0.2) is 4.68 Å². The molecule has 0 spiro atoms. The Balaban J connectivity index is 2.26. The van der Waals surface area contributed by atoms with E-state index >= 15 is 0 Å². The molecule has 0 aromatic carbocycles. The van der Waals surface area contributed by atoms with E-state index in [-0.39, 0.29) is 10.6 Å². The first-order chi connectivity index (χ1) is 10.1. The van der Waals surface area contributed by atoms with Gasteiger partial charge < -0.3 is 10.6 Å². The predicted molar refractivity (Wildman–Crippen MR) is 87.0 cm³/mol. The van der Waals surface area contributed by atoms with Gasteiger partial charge in [0.05, 0.1) is 11.9 Å². The lowest BCUT2D eigenvalue weighted by Gasteiger charge is -2.37. The van der Waals surface area contributed by atoms with Crippen molar-refractivity contribution in [1.82, 2.24) is 9.78 Å². The van der Waals surface area contributed by atoms with Crippen LogP contribution in [0.3, 0.4) is 0 Å². The van der Waals surface area contributed by atoms with Crippen molar-refractivity contribution in [2.24, 2.45) is 5.73 Å². The van der Waals surface area contributed by atoms with Crippen LogP contribution in [-0.2, 0) is 6.54 Å². The van der Waals surface area contributed by atoms with E-state index in [0.29, 0.717) is 18.6 Å². The normalized spacial score (nSPS) is 22.3. The lowest BCUT2D eigenvalue weighted by Crippen LogP contribution is -2.42. The number of halogens is 1. The number of aromatic nitrogens is 2. The minimum atomic E-state index is -0.193. The average Bonchev–Trinajstić information content (AvgIpc) is 2.49. The maximum Gasteiger partial charge on any atom is 0.287 e. The van der Waals surface area contributed by atoms with Gasteiger partial charge in [-0.2, -0.15) is 5.10 Å². The first kappa shape index (κ1) is 16.3. The first-order valence-electron chi connectivity index (χ1n) is 7.86. The Morgan fingerprint density at radius 2 is 2.05 bits per heavy atom. The van der Waals surface area contributed by atoms with Gasteiger partial charge in [0.25, 0.3) is 5.56 Å². The molecule has 0 aliphatic heterocycles. The van der Waals surface area contributed by atoms with Crippen molar-refractivity contribution in [3.63, 3.8) is 0 Å². The van der Waals surface area contributed by atoms with E-state index in [4.69, 9.17) is 17.3 Å². The summed E-state index contributed by atoms with van der Waals surface area (Å²) in [5, 5.41) is 4.55. The zero-order chi connectivity index (χ0) is 15.4. The molecular weight excluding hydrogens is 288 g/mol. The molecule has 6 heteroatoms. The van der Waals surface area contributed by atoms with Crippen molar-refractivity contribution in [2.45, 2.75) is 64.6 Å². The van der Waals surface area contributed by atoms with Crippen LogP contribution in [0, 0.1) is 0 Å². The van der Waals surface area contributed by atoms with Crippen molar-refractivity contribution < 1.29 is 0 Å². The molecule has 21 heavy (non-hydrogen) atoms. The van der Waals surface area contributed by atoms with E-state index in [1.807, 2.05) is 6.92 Å². The Morgan fingerprint density at radius 3 is 2.62 bits per heavy atom. The van der Waals surface area contributed by atoms with Gasteiger partial charge >= 0.3 is 0 Å². The molecule has 5 nitrogen and oxygen atoms in total. The number of hydrogen-bond donors (Lipinski definition) is 1. The van der Waals surface area contributed by atoms with Gasteiger partial charge in [0.1, 0.15) is 5.02 Å². The molecule has 0 saturated heterocycles. The number of hydrogen-bond acceptors (Lipinski definition) is 4. The van der Waals surface area contributed by atoms with Gasteiger partial charge in [-0.1, -0.05) is 18.5 Å². The van der Waals surface area contributed by atoms with Crippen molar-refractivity contribution >= 4 is 17.3 Å². The average molecular weight is 313 g/mol. The van der Waals surface area contributed by atoms with E-state index in [9.17, 15) is 4.79 Å². The number of rotatable bonds is 5. The Bertz CT molecular complexity index is 523. The van der Waals surface area contributed by atoms with Crippen LogP contribution in [-0.4, -0.2) is 28.4 Å². The molecule has 1 heterocycles. The SMILES string of the molecule is CCCn1ncc(N(CC)C2CCC(N)CC2)c(Cl)c1=O. The zero-order valence-electron chi connectivity index (χ0n) is 12.9. The van der Waals surface area contributed by atoms with Crippen LogP contribution in [0.15, 0.2) is 11.0 Å². The lowest BCUT2D eigenvalue weighted by molar-refractivity contribution is 0.377. The molecule has 0 unspecified atom stereocenters. The van der Waals surface area contributed by atoms with Crippen LogP contribution >= 0.6 is 11.6 Å². The Kier molecular flexibility index (Phi) is 5.65. The molecule has 1 fully saturated rings. The van der Waals surface area contributed by atoms with E-state index < -0.39 is 0 Å². The maximum atomic E-state index is 12.3. The third-order valence-corrected chi connectivity index (χ3v) is 4.59. The highest BCUT2D eigenvalue weighted by molar-refractivity contribution is 6.33. The van der Waals surface area contributed by atoms with E-state index in [1.165, 1.54) is 4.68 Å². The fourth-order valence-electron chi connectivity index (χ4n) is 3.07. The van der Waals surface area contributed by atoms with Crippen LogP contribution in [0.5, 0.6) is 0 Å². The second-order valence-electron chi connectivity index (χ2n) is 5.73. The lowest BCUT2D eigenvalue weighted by atomic mass is 9.90. The van der Waals surface area contributed by atoms with Crippen LogP contribution in [0.25, 0.3) is 0 Å². The molecule has 2 rings (SSSR count). The third-order valence-electron chi connectivity index (χ3n) is 4.23. The molecular formula is C15H25ClN4O. The number of nitrogens with two attached hydrogens (primary N) is 1. The smallest absolute Gasteiger partial charge is 0.287 e. The Hall–Kier alpha value is -1.07. The van der Waals surface area contributed by atoms with E-state index in [1.54, 1.807) is 6.20 Å². The number of aryl methyl sites for hydroxylation is 1. The van der Waals surface area contributed by atoms with Crippen LogP contribution in [0.4, 0.5) is 5.69 Å². The van der Waals surface area contributed by atoms with Crippen molar-refractivity contribution in [3.8, 4) is 0 Å². The Morgan fingerprint density at radius 1 is 1.38 bits per heavy atom. The highest BCUT2D eigenvalue weighted by Gasteiger charge is 2.26. The van der Waals surface area contributed by atoms with Gasteiger partial charge in [0.15, 0.2) is 0 Å². The van der Waals surface area contributed by atoms with Gasteiger partial charge in [0, 0.05) is 25.2 Å². The van der Waals surface area contributed by atoms with E-state index in [2.05, 4.69) is 16.9 Å². The molecule has 118 valence electrons. The summed E-state index contributed by atoms with van der Waals surface area (Å²) >= 11 is 6.32. The second-order valence-corrected chi connectivity index (χ2v) is 6.10. The van der Waals surface area contributed by atoms with E-state index in [0.717, 1.165) is 44.3 Å². The summed E-state index contributed by atoms with van der Waals surface area (Å²) in [5.74, 6) is 0. The molecule has 1 aromatic rings. The van der Waals surface area contributed by atoms with Crippen LogP contribution < -0.4 is 16.2 Å². The van der Waals surface area contributed by atoms with Gasteiger partial charge in [-0.05, 0) is 39.0 Å². The van der Waals surface area contributed by atoms with Crippen molar-refractivity contribution in [2.75, 3.05) is 11.4 Å². The fourth-order valence-corrected chi connectivity index (χ4v) is 3.32. The molecule has 0 radical (unpaired) electrons.